The van der Waals surface area contributed by atoms with Crippen LogP contribution in [0.25, 0.3) is 44.8 Å². The molecule has 0 radical (unpaired) electrons. The summed E-state index contributed by atoms with van der Waals surface area (Å²) in [5.74, 6) is 2.66. The van der Waals surface area contributed by atoms with Gasteiger partial charge >= 0.3 is 0 Å². The van der Waals surface area contributed by atoms with Crippen LogP contribution in [0.2, 0.25) is 10.0 Å². The van der Waals surface area contributed by atoms with E-state index in [1.807, 2.05) is 16.7 Å². The highest BCUT2D eigenvalue weighted by atomic mass is 35.5. The average molecular weight is 872 g/mol. The van der Waals surface area contributed by atoms with E-state index in [0.29, 0.717) is 89.4 Å². The summed E-state index contributed by atoms with van der Waals surface area (Å²) < 4.78 is 28.8. The molecule has 0 bridgehead atoms. The monoisotopic (exact) mass is 870 g/mol. The highest BCUT2D eigenvalue weighted by Gasteiger charge is 2.28. The van der Waals surface area contributed by atoms with Gasteiger partial charge in [-0.15, -0.1) is 12.3 Å². The molecule has 2 fully saturated rings. The quantitative estimate of drug-likeness (QED) is 0.0691. The molecule has 18 heteroatoms. The number of fused-ring (bicyclic) bond motifs is 2. The Bertz CT molecular complexity index is 2540. The standard InChI is InChI=1S/C23H24ClFN6O.C20H22ClFN6O/c1-2-3-4-8-20(32)31-9-6-5-7-16(31)12-27-23-19(25)14-29-22(30-23)18-13-28-21-17(18)10-15(24)11-26-21;1-2-17(29)28-6-4-3-5-13(28)9-24-20-16(22)11-26-19(27-20)15-10-25-18-14(15)7-12(21)8-23-18/h1,10-11,13-14,16H,3-9,12H2,(H,26,28)(H,27,29,30);7-8,10-11,13H,2-6,9H2,1H3,(H,23,25)(H,24,26,27). The first-order chi connectivity index (χ1) is 29.6. The summed E-state index contributed by atoms with van der Waals surface area (Å²) in [6.45, 7) is 4.18. The second-order valence-corrected chi connectivity index (χ2v) is 15.8. The molecular formula is C43H46Cl2F2N12O2. The summed E-state index contributed by atoms with van der Waals surface area (Å²) >= 11 is 12.1. The molecule has 2 aliphatic heterocycles. The van der Waals surface area contributed by atoms with Crippen LogP contribution in [-0.2, 0) is 9.59 Å². The lowest BCUT2D eigenvalue weighted by Crippen LogP contribution is -2.47. The van der Waals surface area contributed by atoms with Gasteiger partial charge in [-0.25, -0.2) is 38.7 Å². The van der Waals surface area contributed by atoms with Crippen molar-refractivity contribution in [2.45, 2.75) is 83.2 Å². The second-order valence-electron chi connectivity index (χ2n) is 14.9. The molecule has 8 heterocycles. The van der Waals surface area contributed by atoms with E-state index in [2.05, 4.69) is 56.4 Å². The van der Waals surface area contributed by atoms with Gasteiger partial charge < -0.3 is 30.4 Å². The number of likely N-dealkylation sites (tertiary alicyclic amines) is 2. The maximum atomic E-state index is 14.5. The highest BCUT2D eigenvalue weighted by molar-refractivity contribution is 6.31. The molecule has 6 aromatic heterocycles. The Balaban J connectivity index is 0.000000185. The number of halogens is 4. The molecule has 14 nitrogen and oxygen atoms in total. The fraction of sp³-hybridized carbons (Fsp3) is 0.395. The molecular weight excluding hydrogens is 825 g/mol. The van der Waals surface area contributed by atoms with Gasteiger partial charge in [-0.1, -0.05) is 30.1 Å². The van der Waals surface area contributed by atoms with Crippen molar-refractivity contribution in [2.24, 2.45) is 0 Å². The van der Waals surface area contributed by atoms with Crippen molar-refractivity contribution < 1.29 is 18.4 Å². The van der Waals surface area contributed by atoms with Gasteiger partial charge in [0, 0.05) is 104 Å². The van der Waals surface area contributed by atoms with E-state index in [9.17, 15) is 18.4 Å². The Morgan fingerprint density at radius 3 is 1.74 bits per heavy atom. The smallest absolute Gasteiger partial charge is 0.222 e. The van der Waals surface area contributed by atoms with Gasteiger partial charge in [-0.2, -0.15) is 0 Å². The number of pyridine rings is 2. The van der Waals surface area contributed by atoms with Crippen LogP contribution in [0.5, 0.6) is 0 Å². The first-order valence-electron chi connectivity index (χ1n) is 20.4. The fourth-order valence-electron chi connectivity index (χ4n) is 7.77. The first kappa shape index (κ1) is 43.2. The third kappa shape index (κ3) is 10.3. The van der Waals surface area contributed by atoms with Crippen molar-refractivity contribution in [2.75, 3.05) is 36.8 Å². The summed E-state index contributed by atoms with van der Waals surface area (Å²) in [6, 6.07) is 3.55. The van der Waals surface area contributed by atoms with Crippen molar-refractivity contribution in [3.8, 4) is 35.1 Å². The van der Waals surface area contributed by atoms with Gasteiger partial charge in [0.05, 0.1) is 22.4 Å². The van der Waals surface area contributed by atoms with Crippen LogP contribution in [0.3, 0.4) is 0 Å². The third-order valence-corrected chi connectivity index (χ3v) is 11.3. The molecule has 0 spiro atoms. The van der Waals surface area contributed by atoms with Crippen molar-refractivity contribution in [3.05, 3.63) is 71.0 Å². The second kappa shape index (κ2) is 20.1. The molecule has 8 rings (SSSR count). The highest BCUT2D eigenvalue weighted by Crippen LogP contribution is 2.30. The van der Waals surface area contributed by atoms with E-state index in [0.717, 1.165) is 68.2 Å². The Labute approximate surface area is 361 Å². The number of carbonyl (C=O) groups is 2. The van der Waals surface area contributed by atoms with Crippen LogP contribution in [0.4, 0.5) is 20.4 Å². The minimum atomic E-state index is -0.549. The van der Waals surface area contributed by atoms with Gasteiger partial charge in [0.25, 0.3) is 0 Å². The van der Waals surface area contributed by atoms with Crippen LogP contribution in [-0.4, -0.2) is 99.7 Å². The number of carbonyl (C=O) groups excluding carboxylic acids is 2. The van der Waals surface area contributed by atoms with E-state index >= 15 is 0 Å². The SMILES string of the molecule is C#CCCCC(=O)N1CCCCC1CNc1nc(-c2c[nH]c3ncc(Cl)cc23)ncc1F.CCC(=O)N1CCCCC1CNc1nc(-c2c[nH]c3ncc(Cl)cc23)ncc1F. The van der Waals surface area contributed by atoms with Crippen LogP contribution in [0.1, 0.15) is 71.1 Å². The van der Waals surface area contributed by atoms with Crippen LogP contribution >= 0.6 is 23.2 Å². The number of hydrogen-bond donors (Lipinski definition) is 4. The Hall–Kier alpha value is -5.92. The van der Waals surface area contributed by atoms with Gasteiger partial charge in [0.1, 0.15) is 11.3 Å². The predicted molar refractivity (Wildman–Crippen MR) is 233 cm³/mol. The third-order valence-electron chi connectivity index (χ3n) is 10.9. The molecule has 2 unspecified atom stereocenters. The Morgan fingerprint density at radius 2 is 1.26 bits per heavy atom. The van der Waals surface area contributed by atoms with Crippen LogP contribution in [0, 0.1) is 24.0 Å². The summed E-state index contributed by atoms with van der Waals surface area (Å²) in [4.78, 5) is 60.2. The fourth-order valence-corrected chi connectivity index (χ4v) is 8.08. The average Bonchev–Trinajstić information content (AvgIpc) is 3.90. The molecule has 0 aromatic carbocycles. The number of unbranched alkanes of at least 4 members (excludes halogenated alkanes) is 1. The number of aromatic amines is 2. The molecule has 2 saturated heterocycles. The molecule has 4 N–H and O–H groups in total. The van der Waals surface area contributed by atoms with Crippen molar-refractivity contribution in [1.82, 2.24) is 49.7 Å². The Morgan fingerprint density at radius 1 is 0.770 bits per heavy atom. The molecule has 318 valence electrons. The summed E-state index contributed by atoms with van der Waals surface area (Å²) in [6.07, 6.45) is 22.1. The number of aromatic nitrogens is 8. The molecule has 0 saturated carbocycles. The number of piperidine rings is 2. The van der Waals surface area contributed by atoms with Gasteiger partial charge in [-0.05, 0) is 57.1 Å². The summed E-state index contributed by atoms with van der Waals surface area (Å²) in [5.41, 5.74) is 2.68. The van der Waals surface area contributed by atoms with Gasteiger partial charge in [0.15, 0.2) is 34.9 Å². The molecule has 2 amide bonds. The zero-order chi connectivity index (χ0) is 42.9. The van der Waals surface area contributed by atoms with Crippen molar-refractivity contribution in [3.63, 3.8) is 0 Å². The lowest BCUT2D eigenvalue weighted by molar-refractivity contribution is -0.135. The summed E-state index contributed by atoms with van der Waals surface area (Å²) in [7, 11) is 0. The zero-order valence-electron chi connectivity index (χ0n) is 33.7. The first-order valence-corrected chi connectivity index (χ1v) is 21.2. The number of nitrogens with zero attached hydrogens (tertiary/aromatic N) is 8. The minimum absolute atomic E-state index is 0.0176. The van der Waals surface area contributed by atoms with Crippen molar-refractivity contribution >= 4 is 68.7 Å². The molecule has 2 aliphatic rings. The number of rotatable bonds is 12. The van der Waals surface area contributed by atoms with Crippen molar-refractivity contribution in [1.29, 1.82) is 0 Å². The number of H-pyrrole nitrogens is 2. The summed E-state index contributed by atoms with van der Waals surface area (Å²) in [5, 5.41) is 8.68. The largest absolute Gasteiger partial charge is 0.365 e. The van der Waals surface area contributed by atoms with Gasteiger partial charge in [-0.3, -0.25) is 9.59 Å². The maximum absolute atomic E-state index is 14.5. The number of amides is 2. The van der Waals surface area contributed by atoms with Gasteiger partial charge in [0.2, 0.25) is 11.8 Å². The molecule has 6 aromatic rings. The normalized spacial score (nSPS) is 16.5. The maximum Gasteiger partial charge on any atom is 0.222 e. The van der Waals surface area contributed by atoms with E-state index < -0.39 is 11.6 Å². The zero-order valence-corrected chi connectivity index (χ0v) is 35.2. The number of anilines is 2. The lowest BCUT2D eigenvalue weighted by Gasteiger charge is -2.36. The molecule has 0 aliphatic carbocycles. The predicted octanol–water partition coefficient (Wildman–Crippen LogP) is 8.42. The number of terminal acetylenes is 1. The minimum Gasteiger partial charge on any atom is -0.365 e. The Kier molecular flexibility index (Phi) is 14.2. The van der Waals surface area contributed by atoms with E-state index in [-0.39, 0.29) is 35.5 Å². The molecule has 61 heavy (non-hydrogen) atoms. The van der Waals surface area contributed by atoms with E-state index in [1.165, 1.54) is 0 Å². The van der Waals surface area contributed by atoms with E-state index in [4.69, 9.17) is 29.6 Å². The number of hydrogen-bond acceptors (Lipinski definition) is 10. The molecule has 2 atom stereocenters. The topological polar surface area (TPSA) is 174 Å². The van der Waals surface area contributed by atoms with Crippen LogP contribution in [0.15, 0.2) is 49.3 Å². The lowest BCUT2D eigenvalue weighted by atomic mass is 10.0. The van der Waals surface area contributed by atoms with E-state index in [1.54, 1.807) is 36.9 Å². The number of nitrogens with one attached hydrogen (secondary N) is 4. The van der Waals surface area contributed by atoms with Crippen LogP contribution < -0.4 is 10.6 Å².